The van der Waals surface area contributed by atoms with Gasteiger partial charge < -0.3 is 20.1 Å². The molecule has 26 heavy (non-hydrogen) atoms. The van der Waals surface area contributed by atoms with E-state index in [0.717, 1.165) is 32.5 Å². The highest BCUT2D eigenvalue weighted by atomic mass is 16.5. The Morgan fingerprint density at radius 2 is 2.04 bits per heavy atom. The normalized spacial score (nSPS) is 24.6. The lowest BCUT2D eigenvalue weighted by Crippen LogP contribution is -2.44. The van der Waals surface area contributed by atoms with Crippen molar-refractivity contribution in [3.63, 3.8) is 0 Å². The highest BCUT2D eigenvalue weighted by Crippen LogP contribution is 2.38. The molecule has 2 N–H and O–H groups in total. The second kappa shape index (κ2) is 9.31. The molecule has 0 amide bonds. The van der Waals surface area contributed by atoms with Crippen LogP contribution in [-0.2, 0) is 9.53 Å². The summed E-state index contributed by atoms with van der Waals surface area (Å²) >= 11 is 0. The van der Waals surface area contributed by atoms with Crippen molar-refractivity contribution in [1.29, 1.82) is 0 Å². The van der Waals surface area contributed by atoms with E-state index in [1.54, 1.807) is 0 Å². The SMILES string of the molecule is C/C(=C\c1ccccc1)C1CC1NC1CCN(CCOCC(=O)O)CC1. The van der Waals surface area contributed by atoms with E-state index in [0.29, 0.717) is 24.6 Å². The lowest BCUT2D eigenvalue weighted by Gasteiger charge is -2.32. The molecule has 2 atom stereocenters. The highest BCUT2D eigenvalue weighted by molar-refractivity contribution is 5.67. The molecular formula is C21H30N2O3. The van der Waals surface area contributed by atoms with Gasteiger partial charge in [0.2, 0.25) is 0 Å². The van der Waals surface area contributed by atoms with Crippen LogP contribution in [-0.4, -0.2) is 60.9 Å². The number of carbonyl (C=O) groups is 1. The van der Waals surface area contributed by atoms with Gasteiger partial charge in [0.1, 0.15) is 6.61 Å². The van der Waals surface area contributed by atoms with Gasteiger partial charge in [0.05, 0.1) is 6.61 Å². The molecule has 1 aromatic rings. The van der Waals surface area contributed by atoms with Crippen molar-refractivity contribution < 1.29 is 14.6 Å². The van der Waals surface area contributed by atoms with Gasteiger partial charge in [-0.15, -0.1) is 0 Å². The van der Waals surface area contributed by atoms with Crippen LogP contribution in [0.3, 0.4) is 0 Å². The summed E-state index contributed by atoms with van der Waals surface area (Å²) in [5, 5.41) is 12.4. The van der Waals surface area contributed by atoms with E-state index in [4.69, 9.17) is 9.84 Å². The molecule has 142 valence electrons. The zero-order valence-electron chi connectivity index (χ0n) is 15.6. The average molecular weight is 358 g/mol. The number of hydrogen-bond donors (Lipinski definition) is 2. The Kier molecular flexibility index (Phi) is 6.83. The third kappa shape index (κ3) is 5.94. The Morgan fingerprint density at radius 1 is 1.31 bits per heavy atom. The van der Waals surface area contributed by atoms with E-state index in [1.165, 1.54) is 17.6 Å². The molecule has 1 aliphatic heterocycles. The molecule has 2 fully saturated rings. The minimum atomic E-state index is -0.900. The Morgan fingerprint density at radius 3 is 2.73 bits per heavy atom. The summed E-state index contributed by atoms with van der Waals surface area (Å²) < 4.78 is 5.13. The topological polar surface area (TPSA) is 61.8 Å². The summed E-state index contributed by atoms with van der Waals surface area (Å²) in [6, 6.07) is 11.8. The zero-order valence-corrected chi connectivity index (χ0v) is 15.6. The average Bonchev–Trinajstić information content (AvgIpc) is 3.40. The lowest BCUT2D eigenvalue weighted by atomic mass is 10.0. The standard InChI is InChI=1S/C21H30N2O3/c1-16(13-17-5-3-2-4-6-17)19-14-20(19)22-18-7-9-23(10-8-18)11-12-26-15-21(24)25/h2-6,13,18-20,22H,7-12,14-15H2,1H3,(H,24,25)/b16-13+. The van der Waals surface area contributed by atoms with Crippen molar-refractivity contribution >= 4 is 12.0 Å². The maximum atomic E-state index is 10.4. The molecule has 1 aliphatic carbocycles. The summed E-state index contributed by atoms with van der Waals surface area (Å²) in [7, 11) is 0. The molecule has 0 aromatic heterocycles. The lowest BCUT2D eigenvalue weighted by molar-refractivity contribution is -0.142. The molecule has 5 heteroatoms. The second-order valence-electron chi connectivity index (χ2n) is 7.48. The number of benzene rings is 1. The van der Waals surface area contributed by atoms with Gasteiger partial charge in [0.25, 0.3) is 0 Å². The van der Waals surface area contributed by atoms with Crippen LogP contribution in [0.25, 0.3) is 6.08 Å². The third-order valence-corrected chi connectivity index (χ3v) is 5.38. The number of rotatable bonds is 9. The van der Waals surface area contributed by atoms with Crippen LogP contribution in [0, 0.1) is 5.92 Å². The summed E-state index contributed by atoms with van der Waals surface area (Å²) in [5.74, 6) is -0.221. The van der Waals surface area contributed by atoms with Crippen molar-refractivity contribution in [3.8, 4) is 0 Å². The van der Waals surface area contributed by atoms with E-state index in [1.807, 2.05) is 0 Å². The monoisotopic (exact) mass is 358 g/mol. The predicted octanol–water partition coefficient (Wildman–Crippen LogP) is 2.63. The minimum absolute atomic E-state index is 0.197. The summed E-state index contributed by atoms with van der Waals surface area (Å²) in [6.07, 6.45) is 5.87. The maximum Gasteiger partial charge on any atom is 0.329 e. The van der Waals surface area contributed by atoms with Gasteiger partial charge in [-0.3, -0.25) is 0 Å². The first-order valence-corrected chi connectivity index (χ1v) is 9.63. The Hall–Kier alpha value is -1.69. The summed E-state index contributed by atoms with van der Waals surface area (Å²) in [6.45, 7) is 5.49. The van der Waals surface area contributed by atoms with Crippen molar-refractivity contribution in [2.24, 2.45) is 5.92 Å². The van der Waals surface area contributed by atoms with Crippen LogP contribution in [0.1, 0.15) is 31.7 Å². The van der Waals surface area contributed by atoms with Gasteiger partial charge in [-0.05, 0) is 50.8 Å². The van der Waals surface area contributed by atoms with Crippen LogP contribution in [0.5, 0.6) is 0 Å². The van der Waals surface area contributed by atoms with Crippen LogP contribution >= 0.6 is 0 Å². The van der Waals surface area contributed by atoms with Crippen LogP contribution in [0.2, 0.25) is 0 Å². The molecule has 2 aliphatic rings. The molecule has 0 radical (unpaired) electrons. The van der Waals surface area contributed by atoms with E-state index < -0.39 is 5.97 Å². The van der Waals surface area contributed by atoms with Crippen LogP contribution < -0.4 is 5.32 Å². The first-order valence-electron chi connectivity index (χ1n) is 9.63. The molecule has 1 saturated heterocycles. The molecule has 5 nitrogen and oxygen atoms in total. The van der Waals surface area contributed by atoms with Crippen LogP contribution in [0.4, 0.5) is 0 Å². The molecule has 3 rings (SSSR count). The number of likely N-dealkylation sites (tertiary alicyclic amines) is 1. The zero-order chi connectivity index (χ0) is 18.4. The number of piperidine rings is 1. The Balaban J connectivity index is 1.33. The number of nitrogens with one attached hydrogen (secondary N) is 1. The minimum Gasteiger partial charge on any atom is -0.480 e. The number of hydrogen-bond acceptors (Lipinski definition) is 4. The largest absolute Gasteiger partial charge is 0.480 e. The van der Waals surface area contributed by atoms with E-state index in [2.05, 4.69) is 53.5 Å². The van der Waals surface area contributed by atoms with Gasteiger partial charge in [0, 0.05) is 18.6 Å². The van der Waals surface area contributed by atoms with Gasteiger partial charge in [-0.1, -0.05) is 42.0 Å². The Bertz CT molecular complexity index is 609. The quantitative estimate of drug-likeness (QED) is 0.665. The van der Waals surface area contributed by atoms with Crippen LogP contribution in [0.15, 0.2) is 35.9 Å². The van der Waals surface area contributed by atoms with Crippen molar-refractivity contribution in [1.82, 2.24) is 10.2 Å². The molecule has 1 saturated carbocycles. The first-order chi connectivity index (χ1) is 12.6. The van der Waals surface area contributed by atoms with Crippen molar-refractivity contribution in [2.45, 2.75) is 38.3 Å². The molecule has 0 spiro atoms. The van der Waals surface area contributed by atoms with E-state index in [-0.39, 0.29) is 6.61 Å². The van der Waals surface area contributed by atoms with Crippen molar-refractivity contribution in [3.05, 3.63) is 41.5 Å². The third-order valence-electron chi connectivity index (χ3n) is 5.38. The number of nitrogens with zero attached hydrogens (tertiary/aromatic N) is 1. The number of ether oxygens (including phenoxy) is 1. The summed E-state index contributed by atoms with van der Waals surface area (Å²) in [5.41, 5.74) is 2.76. The fourth-order valence-electron chi connectivity index (χ4n) is 3.78. The highest BCUT2D eigenvalue weighted by Gasteiger charge is 2.39. The molecule has 1 heterocycles. The smallest absolute Gasteiger partial charge is 0.329 e. The molecule has 1 aromatic carbocycles. The summed E-state index contributed by atoms with van der Waals surface area (Å²) in [4.78, 5) is 12.8. The van der Waals surface area contributed by atoms with Gasteiger partial charge >= 0.3 is 5.97 Å². The molecule has 2 unspecified atom stereocenters. The van der Waals surface area contributed by atoms with Gasteiger partial charge in [0.15, 0.2) is 0 Å². The fourth-order valence-corrected chi connectivity index (χ4v) is 3.78. The van der Waals surface area contributed by atoms with Gasteiger partial charge in [-0.25, -0.2) is 4.79 Å². The number of aliphatic carboxylic acids is 1. The number of carboxylic acid groups (broad SMARTS) is 1. The first kappa shape index (κ1) is 19.1. The van der Waals surface area contributed by atoms with Gasteiger partial charge in [-0.2, -0.15) is 0 Å². The Labute approximate surface area is 156 Å². The molecular weight excluding hydrogens is 328 g/mol. The fraction of sp³-hybridized carbons (Fsp3) is 0.571. The number of carboxylic acids is 1. The van der Waals surface area contributed by atoms with E-state index >= 15 is 0 Å². The second-order valence-corrected chi connectivity index (χ2v) is 7.48. The van der Waals surface area contributed by atoms with Crippen molar-refractivity contribution in [2.75, 3.05) is 32.8 Å². The maximum absolute atomic E-state index is 10.4. The van der Waals surface area contributed by atoms with E-state index in [9.17, 15) is 4.79 Å². The molecule has 0 bridgehead atoms. The predicted molar refractivity (Wildman–Crippen MR) is 103 cm³/mol.